The third kappa shape index (κ3) is 2.29. The minimum Gasteiger partial charge on any atom is -0.480 e. The van der Waals surface area contributed by atoms with E-state index >= 15 is 0 Å². The number of hydrogen-bond donors (Lipinski definition) is 2. The first-order valence-corrected chi connectivity index (χ1v) is 4.88. The summed E-state index contributed by atoms with van der Waals surface area (Å²) in [7, 11) is 0. The third-order valence-corrected chi connectivity index (χ3v) is 3.24. The minimum atomic E-state index is -0.946. The van der Waals surface area contributed by atoms with Gasteiger partial charge in [-0.3, -0.25) is 4.79 Å². The fourth-order valence-corrected chi connectivity index (χ4v) is 2.07. The van der Waals surface area contributed by atoms with Crippen molar-refractivity contribution in [3.8, 4) is 0 Å². The van der Waals surface area contributed by atoms with Gasteiger partial charge in [0.15, 0.2) is 0 Å². The average molecular weight is 199 g/mol. The number of carbonyl (C=O) groups is 1. The topological polar surface area (TPSA) is 63.3 Å². The Morgan fingerprint density at radius 2 is 2.23 bits per heavy atom. The highest BCUT2D eigenvalue weighted by atomic mass is 32.1. The van der Waals surface area contributed by atoms with Crippen LogP contribution in [0.15, 0.2) is 12.1 Å². The Morgan fingerprint density at radius 3 is 2.62 bits per heavy atom. The maximum Gasteiger partial charge on any atom is 0.321 e. The normalized spacial score (nSPS) is 15.3. The van der Waals surface area contributed by atoms with Gasteiger partial charge < -0.3 is 10.8 Å². The highest BCUT2D eigenvalue weighted by Gasteiger charge is 2.22. The SMILES string of the molecule is Cc1ccc(C(C)C(N)C(=O)O)s1. The van der Waals surface area contributed by atoms with Crippen LogP contribution in [0.1, 0.15) is 22.6 Å². The van der Waals surface area contributed by atoms with Crippen LogP contribution in [0.2, 0.25) is 0 Å². The molecular weight excluding hydrogens is 186 g/mol. The summed E-state index contributed by atoms with van der Waals surface area (Å²) in [5.74, 6) is -1.06. The summed E-state index contributed by atoms with van der Waals surface area (Å²) in [6.07, 6.45) is 0. The standard InChI is InChI=1S/C9H13NO2S/c1-5-3-4-7(13-5)6(2)8(10)9(11)12/h3-4,6,8H,10H2,1-2H3,(H,11,12). The van der Waals surface area contributed by atoms with E-state index in [0.717, 1.165) is 4.88 Å². The number of rotatable bonds is 3. The van der Waals surface area contributed by atoms with Crippen molar-refractivity contribution in [2.24, 2.45) is 5.73 Å². The molecule has 0 aliphatic heterocycles. The first kappa shape index (κ1) is 10.2. The number of carboxylic acids is 1. The molecule has 0 aliphatic rings. The minimum absolute atomic E-state index is 0.115. The molecule has 0 radical (unpaired) electrons. The molecule has 2 atom stereocenters. The van der Waals surface area contributed by atoms with Crippen molar-refractivity contribution < 1.29 is 9.90 Å². The van der Waals surface area contributed by atoms with Gasteiger partial charge in [0.2, 0.25) is 0 Å². The molecule has 0 saturated heterocycles. The van der Waals surface area contributed by atoms with Crippen molar-refractivity contribution in [1.29, 1.82) is 0 Å². The molecule has 2 unspecified atom stereocenters. The molecule has 1 aromatic rings. The zero-order valence-corrected chi connectivity index (χ0v) is 8.47. The highest BCUT2D eigenvalue weighted by Crippen LogP contribution is 2.25. The van der Waals surface area contributed by atoms with Crippen molar-refractivity contribution in [2.45, 2.75) is 25.8 Å². The van der Waals surface area contributed by atoms with Crippen LogP contribution in [0.4, 0.5) is 0 Å². The number of aryl methyl sites for hydroxylation is 1. The van der Waals surface area contributed by atoms with Gasteiger partial charge in [0.25, 0.3) is 0 Å². The van der Waals surface area contributed by atoms with Crippen molar-refractivity contribution in [2.75, 3.05) is 0 Å². The second kappa shape index (κ2) is 3.89. The van der Waals surface area contributed by atoms with Gasteiger partial charge in [0.1, 0.15) is 6.04 Å². The first-order valence-electron chi connectivity index (χ1n) is 4.07. The molecular formula is C9H13NO2S. The Balaban J connectivity index is 2.78. The maximum atomic E-state index is 10.6. The summed E-state index contributed by atoms with van der Waals surface area (Å²) >= 11 is 1.60. The maximum absolute atomic E-state index is 10.6. The van der Waals surface area contributed by atoms with E-state index in [-0.39, 0.29) is 5.92 Å². The lowest BCUT2D eigenvalue weighted by Crippen LogP contribution is -2.34. The van der Waals surface area contributed by atoms with E-state index in [4.69, 9.17) is 10.8 Å². The summed E-state index contributed by atoms with van der Waals surface area (Å²) in [6.45, 7) is 3.83. The van der Waals surface area contributed by atoms with E-state index < -0.39 is 12.0 Å². The summed E-state index contributed by atoms with van der Waals surface area (Å²) in [6, 6.07) is 3.11. The summed E-state index contributed by atoms with van der Waals surface area (Å²) in [4.78, 5) is 12.8. The number of thiophene rings is 1. The predicted octanol–water partition coefficient (Wildman–Crippen LogP) is 1.57. The van der Waals surface area contributed by atoms with Crippen LogP contribution in [-0.4, -0.2) is 17.1 Å². The fourth-order valence-electron chi connectivity index (χ4n) is 1.09. The fraction of sp³-hybridized carbons (Fsp3) is 0.444. The Bertz CT molecular complexity index is 308. The molecule has 0 spiro atoms. The zero-order chi connectivity index (χ0) is 10.0. The summed E-state index contributed by atoms with van der Waals surface area (Å²) in [5, 5.41) is 8.70. The lowest BCUT2D eigenvalue weighted by molar-refractivity contribution is -0.138. The lowest BCUT2D eigenvalue weighted by Gasteiger charge is -2.13. The van der Waals surface area contributed by atoms with Gasteiger partial charge in [-0.1, -0.05) is 6.92 Å². The quantitative estimate of drug-likeness (QED) is 0.776. The molecule has 0 aromatic carbocycles. The highest BCUT2D eigenvalue weighted by molar-refractivity contribution is 7.12. The van der Waals surface area contributed by atoms with Crippen LogP contribution < -0.4 is 5.73 Å². The van der Waals surface area contributed by atoms with E-state index in [1.807, 2.05) is 26.0 Å². The van der Waals surface area contributed by atoms with Gasteiger partial charge in [-0.05, 0) is 19.1 Å². The molecule has 1 aromatic heterocycles. The van der Waals surface area contributed by atoms with Gasteiger partial charge in [-0.25, -0.2) is 0 Å². The monoisotopic (exact) mass is 199 g/mol. The molecule has 0 bridgehead atoms. The molecule has 13 heavy (non-hydrogen) atoms. The average Bonchev–Trinajstić information content (AvgIpc) is 2.49. The van der Waals surface area contributed by atoms with Gasteiger partial charge in [-0.2, -0.15) is 0 Å². The van der Waals surface area contributed by atoms with Crippen molar-refractivity contribution in [3.05, 3.63) is 21.9 Å². The smallest absolute Gasteiger partial charge is 0.321 e. The molecule has 0 aliphatic carbocycles. The van der Waals surface area contributed by atoms with Gasteiger partial charge in [0.05, 0.1) is 0 Å². The van der Waals surface area contributed by atoms with Gasteiger partial charge in [0, 0.05) is 15.7 Å². The van der Waals surface area contributed by atoms with Crippen molar-refractivity contribution in [1.82, 2.24) is 0 Å². The lowest BCUT2D eigenvalue weighted by atomic mass is 10.0. The Hall–Kier alpha value is -0.870. The third-order valence-electron chi connectivity index (χ3n) is 2.03. The molecule has 0 fully saturated rings. The van der Waals surface area contributed by atoms with E-state index in [1.165, 1.54) is 4.88 Å². The molecule has 0 amide bonds. The van der Waals surface area contributed by atoms with Crippen LogP contribution in [0, 0.1) is 6.92 Å². The predicted molar refractivity (Wildman–Crippen MR) is 53.1 cm³/mol. The van der Waals surface area contributed by atoms with Crippen molar-refractivity contribution in [3.63, 3.8) is 0 Å². The second-order valence-corrected chi connectivity index (χ2v) is 4.42. The molecule has 1 heterocycles. The summed E-state index contributed by atoms with van der Waals surface area (Å²) < 4.78 is 0. The number of carboxylic acid groups (broad SMARTS) is 1. The van der Waals surface area contributed by atoms with Gasteiger partial charge >= 0.3 is 5.97 Å². The van der Waals surface area contributed by atoms with Crippen LogP contribution >= 0.6 is 11.3 Å². The largest absolute Gasteiger partial charge is 0.480 e. The molecule has 4 heteroatoms. The molecule has 3 N–H and O–H groups in total. The molecule has 72 valence electrons. The van der Waals surface area contributed by atoms with Crippen LogP contribution in [0.25, 0.3) is 0 Å². The number of hydrogen-bond acceptors (Lipinski definition) is 3. The van der Waals surface area contributed by atoms with Crippen molar-refractivity contribution >= 4 is 17.3 Å². The Kier molecular flexibility index (Phi) is 3.06. The summed E-state index contributed by atoms with van der Waals surface area (Å²) in [5.41, 5.74) is 5.51. The zero-order valence-electron chi connectivity index (χ0n) is 7.65. The Morgan fingerprint density at radius 1 is 1.62 bits per heavy atom. The molecule has 1 rings (SSSR count). The molecule has 0 saturated carbocycles. The van der Waals surface area contributed by atoms with E-state index in [1.54, 1.807) is 11.3 Å². The number of aliphatic carboxylic acids is 1. The van der Waals surface area contributed by atoms with Gasteiger partial charge in [-0.15, -0.1) is 11.3 Å². The van der Waals surface area contributed by atoms with E-state index in [9.17, 15) is 4.79 Å². The molecule has 3 nitrogen and oxygen atoms in total. The van der Waals surface area contributed by atoms with Crippen LogP contribution in [0.3, 0.4) is 0 Å². The van der Waals surface area contributed by atoms with E-state index in [0.29, 0.717) is 0 Å². The number of nitrogens with two attached hydrogens (primary N) is 1. The Labute approximate surface area is 81.2 Å². The first-order chi connectivity index (χ1) is 6.02. The second-order valence-electron chi connectivity index (χ2n) is 3.10. The van der Waals surface area contributed by atoms with Crippen LogP contribution in [-0.2, 0) is 4.79 Å². The van der Waals surface area contributed by atoms with Crippen LogP contribution in [0.5, 0.6) is 0 Å². The van der Waals surface area contributed by atoms with E-state index in [2.05, 4.69) is 0 Å².